The molecule has 1 aliphatic heterocycles. The van der Waals surface area contributed by atoms with Gasteiger partial charge in [0.2, 0.25) is 5.95 Å². The van der Waals surface area contributed by atoms with E-state index in [0.717, 1.165) is 30.4 Å². The van der Waals surface area contributed by atoms with Crippen molar-refractivity contribution >= 4 is 23.5 Å². The molecule has 4 rings (SSSR count). The smallest absolute Gasteiger partial charge is 0.257 e. The lowest BCUT2D eigenvalue weighted by Gasteiger charge is -2.35. The lowest BCUT2D eigenvalue weighted by atomic mass is 10.0. The van der Waals surface area contributed by atoms with Crippen LogP contribution >= 0.6 is 11.6 Å². The Hall–Kier alpha value is -2.80. The molecule has 0 bridgehead atoms. The highest BCUT2D eigenvalue weighted by Gasteiger charge is 2.28. The topological polar surface area (TPSA) is 59.2 Å². The van der Waals surface area contributed by atoms with Crippen LogP contribution in [0.4, 0.5) is 5.95 Å². The molecule has 0 aliphatic carbocycles. The largest absolute Gasteiger partial charge is 0.339 e. The molecular formula is C21H25ClN6O. The fourth-order valence-corrected chi connectivity index (χ4v) is 4.02. The molecule has 1 aliphatic rings. The number of carbonyl (C=O) groups excluding carboxylic acids is 1. The van der Waals surface area contributed by atoms with Gasteiger partial charge in [0.15, 0.2) is 0 Å². The second-order valence-electron chi connectivity index (χ2n) is 7.61. The van der Waals surface area contributed by atoms with Crippen molar-refractivity contribution in [1.82, 2.24) is 24.2 Å². The number of nitrogens with zero attached hydrogens (tertiary/aromatic N) is 6. The lowest BCUT2D eigenvalue weighted by molar-refractivity contribution is 0.0744. The average molecular weight is 413 g/mol. The normalized spacial score (nSPS) is 14.7. The summed E-state index contributed by atoms with van der Waals surface area (Å²) < 4.78 is 3.83. The number of halogens is 1. The van der Waals surface area contributed by atoms with E-state index in [1.807, 2.05) is 51.7 Å². The molecule has 3 aromatic rings. The maximum Gasteiger partial charge on any atom is 0.257 e. The van der Waals surface area contributed by atoms with Gasteiger partial charge >= 0.3 is 0 Å². The summed E-state index contributed by atoms with van der Waals surface area (Å²) in [6, 6.07) is 7.53. The summed E-state index contributed by atoms with van der Waals surface area (Å²) in [5.41, 5.74) is 2.43. The molecule has 2 aromatic heterocycles. The Bertz CT molecular complexity index is 1020. The van der Waals surface area contributed by atoms with Crippen molar-refractivity contribution in [3.8, 4) is 5.69 Å². The van der Waals surface area contributed by atoms with Gasteiger partial charge in [-0.15, -0.1) is 0 Å². The number of imidazole rings is 1. The summed E-state index contributed by atoms with van der Waals surface area (Å²) in [5, 5.41) is 5.16. The zero-order valence-electron chi connectivity index (χ0n) is 16.9. The highest BCUT2D eigenvalue weighted by molar-refractivity contribution is 6.30. The van der Waals surface area contributed by atoms with E-state index in [2.05, 4.69) is 28.8 Å². The van der Waals surface area contributed by atoms with Crippen molar-refractivity contribution in [3.63, 3.8) is 0 Å². The van der Waals surface area contributed by atoms with Gasteiger partial charge in [0.25, 0.3) is 5.91 Å². The quantitative estimate of drug-likeness (QED) is 0.659. The molecule has 1 amide bonds. The average Bonchev–Trinajstić information content (AvgIpc) is 3.34. The second-order valence-corrected chi connectivity index (χ2v) is 8.04. The van der Waals surface area contributed by atoms with Crippen LogP contribution in [0.15, 0.2) is 42.9 Å². The highest BCUT2D eigenvalue weighted by Crippen LogP contribution is 2.26. The molecule has 0 unspecified atom stereocenters. The first-order valence-corrected chi connectivity index (χ1v) is 10.2. The van der Waals surface area contributed by atoms with Crippen LogP contribution in [0.3, 0.4) is 0 Å². The van der Waals surface area contributed by atoms with E-state index >= 15 is 0 Å². The number of aryl methyl sites for hydroxylation is 1. The fourth-order valence-electron chi connectivity index (χ4n) is 3.83. The number of piperazine rings is 1. The van der Waals surface area contributed by atoms with Crippen LogP contribution in [0.25, 0.3) is 5.69 Å². The molecule has 0 spiro atoms. The Morgan fingerprint density at radius 3 is 2.55 bits per heavy atom. The molecule has 3 heterocycles. The molecular weight excluding hydrogens is 388 g/mol. The number of aromatic nitrogens is 4. The van der Waals surface area contributed by atoms with E-state index < -0.39 is 0 Å². The molecule has 1 saturated heterocycles. The summed E-state index contributed by atoms with van der Waals surface area (Å²) in [5.74, 6) is 1.11. The van der Waals surface area contributed by atoms with Gasteiger partial charge < -0.3 is 14.4 Å². The van der Waals surface area contributed by atoms with Crippen LogP contribution < -0.4 is 4.90 Å². The Labute approximate surface area is 175 Å². The van der Waals surface area contributed by atoms with Gasteiger partial charge in [-0.3, -0.25) is 4.79 Å². The van der Waals surface area contributed by atoms with Crippen LogP contribution in [0, 0.1) is 0 Å². The number of hydrogen-bond donors (Lipinski definition) is 0. The van der Waals surface area contributed by atoms with Crippen molar-refractivity contribution < 1.29 is 4.79 Å². The van der Waals surface area contributed by atoms with Gasteiger partial charge in [-0.25, -0.2) is 9.67 Å². The number of amides is 1. The van der Waals surface area contributed by atoms with Crippen LogP contribution in [0.2, 0.25) is 5.02 Å². The standard InChI is InChI=1S/C21H25ClN6O/c1-15(2)19-18(14-24-28(19)17-6-4-5-16(22)13-17)20(29)26-9-11-27(12-10-26)21-23-7-8-25(21)3/h4-8,13-15H,9-12H2,1-3H3. The van der Waals surface area contributed by atoms with E-state index in [1.54, 1.807) is 12.4 Å². The van der Waals surface area contributed by atoms with Crippen molar-refractivity contribution in [2.75, 3.05) is 31.1 Å². The Kier molecular flexibility index (Phi) is 5.32. The molecule has 0 N–H and O–H groups in total. The maximum absolute atomic E-state index is 13.3. The third-order valence-electron chi connectivity index (χ3n) is 5.28. The van der Waals surface area contributed by atoms with E-state index in [0.29, 0.717) is 23.7 Å². The van der Waals surface area contributed by atoms with Crippen molar-refractivity contribution in [1.29, 1.82) is 0 Å². The molecule has 0 radical (unpaired) electrons. The minimum absolute atomic E-state index is 0.0291. The van der Waals surface area contributed by atoms with Gasteiger partial charge in [-0.05, 0) is 24.1 Å². The number of hydrogen-bond acceptors (Lipinski definition) is 4. The summed E-state index contributed by atoms with van der Waals surface area (Å²) in [4.78, 5) is 21.8. The third kappa shape index (κ3) is 3.74. The highest BCUT2D eigenvalue weighted by atomic mass is 35.5. The minimum atomic E-state index is 0.0291. The van der Waals surface area contributed by atoms with Crippen LogP contribution in [-0.2, 0) is 7.05 Å². The van der Waals surface area contributed by atoms with E-state index in [9.17, 15) is 4.79 Å². The van der Waals surface area contributed by atoms with Crippen LogP contribution in [0.5, 0.6) is 0 Å². The van der Waals surface area contributed by atoms with Gasteiger partial charge in [0.05, 0.1) is 23.1 Å². The van der Waals surface area contributed by atoms with Crippen LogP contribution in [-0.4, -0.2) is 56.3 Å². The van der Waals surface area contributed by atoms with Crippen LogP contribution in [0.1, 0.15) is 35.8 Å². The first-order chi connectivity index (χ1) is 14.0. The molecule has 29 heavy (non-hydrogen) atoms. The lowest BCUT2D eigenvalue weighted by Crippen LogP contribution is -2.49. The second kappa shape index (κ2) is 7.91. The third-order valence-corrected chi connectivity index (χ3v) is 5.52. The summed E-state index contributed by atoms with van der Waals surface area (Å²) in [7, 11) is 1.99. The number of carbonyl (C=O) groups is 1. The Balaban J connectivity index is 1.56. The number of rotatable bonds is 4. The first-order valence-electron chi connectivity index (χ1n) is 9.81. The molecule has 0 saturated carbocycles. The Morgan fingerprint density at radius 2 is 1.93 bits per heavy atom. The van der Waals surface area contributed by atoms with Gasteiger partial charge in [0, 0.05) is 50.6 Å². The van der Waals surface area contributed by atoms with Gasteiger partial charge in [-0.2, -0.15) is 5.10 Å². The SMILES string of the molecule is CC(C)c1c(C(=O)N2CCN(c3nccn3C)CC2)cnn1-c1cccc(Cl)c1. The van der Waals surface area contributed by atoms with E-state index in [-0.39, 0.29) is 11.8 Å². The fraction of sp³-hybridized carbons (Fsp3) is 0.381. The molecule has 0 atom stereocenters. The molecule has 8 heteroatoms. The van der Waals surface area contributed by atoms with Crippen molar-refractivity contribution in [2.24, 2.45) is 7.05 Å². The molecule has 1 aromatic carbocycles. The zero-order valence-corrected chi connectivity index (χ0v) is 17.7. The summed E-state index contributed by atoms with van der Waals surface area (Å²) in [6.07, 6.45) is 5.42. The minimum Gasteiger partial charge on any atom is -0.339 e. The van der Waals surface area contributed by atoms with Gasteiger partial charge in [-0.1, -0.05) is 31.5 Å². The summed E-state index contributed by atoms with van der Waals surface area (Å²) in [6.45, 7) is 6.99. The number of benzene rings is 1. The predicted molar refractivity (Wildman–Crippen MR) is 114 cm³/mol. The predicted octanol–water partition coefficient (Wildman–Crippen LogP) is 3.35. The Morgan fingerprint density at radius 1 is 1.17 bits per heavy atom. The maximum atomic E-state index is 13.3. The molecule has 1 fully saturated rings. The van der Waals surface area contributed by atoms with E-state index in [4.69, 9.17) is 11.6 Å². The van der Waals surface area contributed by atoms with Crippen molar-refractivity contribution in [3.05, 3.63) is 59.1 Å². The molecule has 7 nitrogen and oxygen atoms in total. The van der Waals surface area contributed by atoms with Gasteiger partial charge in [0.1, 0.15) is 0 Å². The number of anilines is 1. The monoisotopic (exact) mass is 412 g/mol. The summed E-state index contributed by atoms with van der Waals surface area (Å²) >= 11 is 6.16. The first kappa shape index (κ1) is 19.5. The van der Waals surface area contributed by atoms with Crippen molar-refractivity contribution in [2.45, 2.75) is 19.8 Å². The molecule has 152 valence electrons. The van der Waals surface area contributed by atoms with E-state index in [1.165, 1.54) is 0 Å². The zero-order chi connectivity index (χ0) is 20.5.